The molecule has 22 heavy (non-hydrogen) atoms. The van der Waals surface area contributed by atoms with Crippen LogP contribution in [-0.2, 0) is 9.59 Å². The van der Waals surface area contributed by atoms with Crippen LogP contribution in [0.25, 0.3) is 0 Å². The summed E-state index contributed by atoms with van der Waals surface area (Å²) in [5, 5.41) is 12.2. The summed E-state index contributed by atoms with van der Waals surface area (Å²) in [4.78, 5) is 23.4. The van der Waals surface area contributed by atoms with E-state index in [4.69, 9.17) is 16.7 Å². The SMILES string of the molecule is CC(NC(=O)C1CCCC(C(=O)O)C1)c1ccc(F)cc1Cl. The molecule has 6 heteroatoms. The third-order valence-corrected chi connectivity index (χ3v) is 4.51. The molecule has 1 amide bonds. The highest BCUT2D eigenvalue weighted by Gasteiger charge is 2.31. The maximum atomic E-state index is 13.1. The maximum absolute atomic E-state index is 13.1. The number of carbonyl (C=O) groups excluding carboxylic acids is 1. The lowest BCUT2D eigenvalue weighted by molar-refractivity contribution is -0.144. The molecule has 0 radical (unpaired) electrons. The fourth-order valence-corrected chi connectivity index (χ4v) is 3.24. The Bertz CT molecular complexity index is 579. The first-order chi connectivity index (χ1) is 10.4. The first kappa shape index (κ1) is 16.7. The van der Waals surface area contributed by atoms with Crippen LogP contribution < -0.4 is 5.32 Å². The maximum Gasteiger partial charge on any atom is 0.306 e. The molecule has 1 aliphatic carbocycles. The molecular weight excluding hydrogens is 309 g/mol. The molecule has 3 atom stereocenters. The van der Waals surface area contributed by atoms with Gasteiger partial charge in [-0.05, 0) is 43.9 Å². The van der Waals surface area contributed by atoms with Crippen LogP contribution >= 0.6 is 11.6 Å². The molecule has 1 aromatic carbocycles. The van der Waals surface area contributed by atoms with Gasteiger partial charge in [0.05, 0.1) is 12.0 Å². The average Bonchev–Trinajstić information content (AvgIpc) is 2.47. The molecule has 0 spiro atoms. The Kier molecular flexibility index (Phi) is 5.40. The summed E-state index contributed by atoms with van der Waals surface area (Å²) in [6.45, 7) is 1.77. The number of carbonyl (C=O) groups is 2. The van der Waals surface area contributed by atoms with Crippen LogP contribution in [-0.4, -0.2) is 17.0 Å². The van der Waals surface area contributed by atoms with Gasteiger partial charge in [0.2, 0.25) is 5.91 Å². The van der Waals surface area contributed by atoms with E-state index in [0.29, 0.717) is 24.8 Å². The van der Waals surface area contributed by atoms with Gasteiger partial charge in [-0.1, -0.05) is 24.1 Å². The lowest BCUT2D eigenvalue weighted by Crippen LogP contribution is -2.36. The number of halogens is 2. The summed E-state index contributed by atoms with van der Waals surface area (Å²) in [5.74, 6) is -2.18. The third kappa shape index (κ3) is 3.97. The summed E-state index contributed by atoms with van der Waals surface area (Å²) in [6.07, 6.45) is 2.42. The van der Waals surface area contributed by atoms with Gasteiger partial charge in [0.25, 0.3) is 0 Å². The third-order valence-electron chi connectivity index (χ3n) is 4.18. The second-order valence-electron chi connectivity index (χ2n) is 5.79. The predicted octanol–water partition coefficient (Wildman–Crippen LogP) is 3.55. The predicted molar refractivity (Wildman–Crippen MR) is 81.1 cm³/mol. The molecule has 1 fully saturated rings. The summed E-state index contributed by atoms with van der Waals surface area (Å²) in [5.41, 5.74) is 0.641. The number of amides is 1. The fourth-order valence-electron chi connectivity index (χ4n) is 2.91. The van der Waals surface area contributed by atoms with Crippen LogP contribution in [0, 0.1) is 17.7 Å². The minimum Gasteiger partial charge on any atom is -0.481 e. The van der Waals surface area contributed by atoms with E-state index in [1.165, 1.54) is 12.1 Å². The second-order valence-corrected chi connectivity index (χ2v) is 6.20. The minimum atomic E-state index is -0.841. The zero-order chi connectivity index (χ0) is 16.3. The normalized spacial score (nSPS) is 22.9. The molecule has 120 valence electrons. The van der Waals surface area contributed by atoms with E-state index in [1.54, 1.807) is 13.0 Å². The van der Waals surface area contributed by atoms with Crippen LogP contribution in [0.2, 0.25) is 5.02 Å². The second kappa shape index (κ2) is 7.09. The van der Waals surface area contributed by atoms with E-state index in [1.807, 2.05) is 0 Å². The van der Waals surface area contributed by atoms with Gasteiger partial charge >= 0.3 is 5.97 Å². The highest BCUT2D eigenvalue weighted by atomic mass is 35.5. The zero-order valence-corrected chi connectivity index (χ0v) is 13.1. The topological polar surface area (TPSA) is 66.4 Å². The number of aliphatic carboxylic acids is 1. The molecule has 4 nitrogen and oxygen atoms in total. The highest BCUT2D eigenvalue weighted by molar-refractivity contribution is 6.31. The number of hydrogen-bond donors (Lipinski definition) is 2. The smallest absolute Gasteiger partial charge is 0.306 e. The first-order valence-electron chi connectivity index (χ1n) is 7.36. The number of rotatable bonds is 4. The van der Waals surface area contributed by atoms with Crippen LogP contribution in [0.5, 0.6) is 0 Å². The van der Waals surface area contributed by atoms with Crippen molar-refractivity contribution < 1.29 is 19.1 Å². The van der Waals surface area contributed by atoms with Crippen molar-refractivity contribution in [1.82, 2.24) is 5.32 Å². The number of nitrogens with one attached hydrogen (secondary N) is 1. The molecule has 0 bridgehead atoms. The van der Waals surface area contributed by atoms with Crippen molar-refractivity contribution in [3.05, 3.63) is 34.6 Å². The van der Waals surface area contributed by atoms with Gasteiger partial charge in [-0.25, -0.2) is 4.39 Å². The van der Waals surface area contributed by atoms with Gasteiger partial charge in [0.1, 0.15) is 5.82 Å². The number of benzene rings is 1. The zero-order valence-electron chi connectivity index (χ0n) is 12.3. The molecule has 0 heterocycles. The standard InChI is InChI=1S/C16H19ClFNO3/c1-9(13-6-5-12(18)8-14(13)17)19-15(20)10-3-2-4-11(7-10)16(21)22/h5-6,8-11H,2-4,7H2,1H3,(H,19,20)(H,21,22). The van der Waals surface area contributed by atoms with E-state index in [9.17, 15) is 14.0 Å². The average molecular weight is 328 g/mol. The van der Waals surface area contributed by atoms with Gasteiger partial charge in [0, 0.05) is 10.9 Å². The first-order valence-corrected chi connectivity index (χ1v) is 7.74. The van der Waals surface area contributed by atoms with Crippen molar-refractivity contribution in [2.24, 2.45) is 11.8 Å². The highest BCUT2D eigenvalue weighted by Crippen LogP contribution is 2.30. The van der Waals surface area contributed by atoms with Gasteiger partial charge in [-0.2, -0.15) is 0 Å². The van der Waals surface area contributed by atoms with Gasteiger partial charge in [-0.3, -0.25) is 9.59 Å². The molecule has 3 unspecified atom stereocenters. The van der Waals surface area contributed by atoms with Crippen molar-refractivity contribution in [1.29, 1.82) is 0 Å². The van der Waals surface area contributed by atoms with E-state index in [0.717, 1.165) is 6.42 Å². The summed E-state index contributed by atoms with van der Waals surface area (Å²) in [7, 11) is 0. The quantitative estimate of drug-likeness (QED) is 0.888. The molecule has 0 aliphatic heterocycles. The summed E-state index contributed by atoms with van der Waals surface area (Å²) < 4.78 is 13.1. The Morgan fingerprint density at radius 3 is 2.68 bits per heavy atom. The van der Waals surface area contributed by atoms with Gasteiger partial charge in [-0.15, -0.1) is 0 Å². The van der Waals surface area contributed by atoms with E-state index in [-0.39, 0.29) is 22.9 Å². The largest absolute Gasteiger partial charge is 0.481 e. The summed E-state index contributed by atoms with van der Waals surface area (Å²) >= 11 is 5.99. The van der Waals surface area contributed by atoms with Crippen molar-refractivity contribution in [2.75, 3.05) is 0 Å². The number of hydrogen-bond acceptors (Lipinski definition) is 2. The van der Waals surface area contributed by atoms with Crippen LogP contribution in [0.4, 0.5) is 4.39 Å². The lowest BCUT2D eigenvalue weighted by atomic mass is 9.81. The molecular formula is C16H19ClFNO3. The Morgan fingerprint density at radius 1 is 1.36 bits per heavy atom. The monoisotopic (exact) mass is 327 g/mol. The van der Waals surface area contributed by atoms with Crippen molar-refractivity contribution >= 4 is 23.5 Å². The molecule has 1 saturated carbocycles. The van der Waals surface area contributed by atoms with Crippen molar-refractivity contribution in [3.63, 3.8) is 0 Å². The van der Waals surface area contributed by atoms with E-state index in [2.05, 4.69) is 5.32 Å². The molecule has 0 saturated heterocycles. The Hall–Kier alpha value is -1.62. The van der Waals surface area contributed by atoms with Crippen LogP contribution in [0.15, 0.2) is 18.2 Å². The van der Waals surface area contributed by atoms with Crippen molar-refractivity contribution in [2.45, 2.75) is 38.6 Å². The van der Waals surface area contributed by atoms with E-state index >= 15 is 0 Å². The molecule has 2 N–H and O–H groups in total. The van der Waals surface area contributed by atoms with Crippen LogP contribution in [0.3, 0.4) is 0 Å². The molecule has 2 rings (SSSR count). The van der Waals surface area contributed by atoms with E-state index < -0.39 is 17.7 Å². The molecule has 0 aromatic heterocycles. The Labute approximate surface area is 133 Å². The fraction of sp³-hybridized carbons (Fsp3) is 0.500. The number of carboxylic acid groups (broad SMARTS) is 1. The minimum absolute atomic E-state index is 0.168. The van der Waals surface area contributed by atoms with Crippen LogP contribution in [0.1, 0.15) is 44.2 Å². The van der Waals surface area contributed by atoms with Crippen molar-refractivity contribution in [3.8, 4) is 0 Å². The van der Waals surface area contributed by atoms with Gasteiger partial charge < -0.3 is 10.4 Å². The Morgan fingerprint density at radius 2 is 2.05 bits per heavy atom. The number of carboxylic acids is 1. The lowest BCUT2D eigenvalue weighted by Gasteiger charge is -2.27. The molecule has 1 aromatic rings. The van der Waals surface area contributed by atoms with Gasteiger partial charge in [0.15, 0.2) is 0 Å². The summed E-state index contributed by atoms with van der Waals surface area (Å²) in [6, 6.07) is 3.69. The Balaban J connectivity index is 2.00. The molecule has 1 aliphatic rings.